The number of ether oxygens (including phenoxy) is 1. The molecule has 0 radical (unpaired) electrons. The minimum absolute atomic E-state index is 0.0202. The van der Waals surface area contributed by atoms with E-state index in [-0.39, 0.29) is 48.6 Å². The van der Waals surface area contributed by atoms with Gasteiger partial charge in [-0.05, 0) is 63.2 Å². The van der Waals surface area contributed by atoms with Crippen LogP contribution in [0, 0.1) is 0 Å². The van der Waals surface area contributed by atoms with Gasteiger partial charge in [0.1, 0.15) is 17.1 Å². The van der Waals surface area contributed by atoms with Gasteiger partial charge < -0.3 is 24.7 Å². The second kappa shape index (κ2) is 12.1. The maximum Gasteiger partial charge on any atom is 0.342 e. The lowest BCUT2D eigenvalue weighted by Gasteiger charge is -2.32. The van der Waals surface area contributed by atoms with Gasteiger partial charge in [0.15, 0.2) is 6.61 Å². The van der Waals surface area contributed by atoms with Crippen LogP contribution in [0.4, 0.5) is 0 Å². The summed E-state index contributed by atoms with van der Waals surface area (Å²) in [5.74, 6) is -1.33. The first-order valence-electron chi connectivity index (χ1n) is 11.5. The first-order valence-corrected chi connectivity index (χ1v) is 11.5. The molecule has 2 heterocycles. The smallest absolute Gasteiger partial charge is 0.342 e. The van der Waals surface area contributed by atoms with E-state index in [1.54, 1.807) is 6.08 Å². The molecule has 1 aromatic carbocycles. The molecule has 1 unspecified atom stereocenters. The second-order valence-corrected chi connectivity index (χ2v) is 8.34. The highest BCUT2D eigenvalue weighted by molar-refractivity contribution is 6.00. The lowest BCUT2D eigenvalue weighted by molar-refractivity contribution is -0.139. The lowest BCUT2D eigenvalue weighted by atomic mass is 10.00. The number of phenolic OH excluding ortho intramolecular Hbond substituents is 2. The standard InChI is InChI=1S/C25H32N2O6/c1-18-10-7-8-12-27(18)23(30)17-33-26-20-11-6-4-2-3-5-9-13-32-25(31)24-19(14-20)15-21(28)16-22(24)29/h3,5-6,11,15-16,18,28-29H,2,4,7-10,12-14,17H2,1H3/b5-3+,11-6+,26-20+. The zero-order valence-corrected chi connectivity index (χ0v) is 19.0. The molecular formula is C25H32N2O6. The van der Waals surface area contributed by atoms with E-state index in [0.717, 1.165) is 44.7 Å². The van der Waals surface area contributed by atoms with Crippen LogP contribution in [0.15, 0.2) is 41.6 Å². The Kier molecular flexibility index (Phi) is 8.92. The lowest BCUT2D eigenvalue weighted by Crippen LogP contribution is -2.43. The zero-order valence-electron chi connectivity index (χ0n) is 19.0. The molecule has 0 aromatic heterocycles. The van der Waals surface area contributed by atoms with Crippen LogP contribution in [0.5, 0.6) is 11.5 Å². The minimum atomic E-state index is -0.675. The fourth-order valence-corrected chi connectivity index (χ4v) is 4.02. The van der Waals surface area contributed by atoms with E-state index in [1.807, 2.05) is 30.1 Å². The number of piperidine rings is 1. The largest absolute Gasteiger partial charge is 0.508 e. The van der Waals surface area contributed by atoms with E-state index < -0.39 is 5.97 Å². The summed E-state index contributed by atoms with van der Waals surface area (Å²) in [6.45, 7) is 2.77. The molecule has 2 aliphatic rings. The van der Waals surface area contributed by atoms with Crippen molar-refractivity contribution in [3.05, 3.63) is 47.6 Å². The van der Waals surface area contributed by atoms with Gasteiger partial charge in [-0.15, -0.1) is 0 Å². The van der Waals surface area contributed by atoms with Crippen molar-refractivity contribution in [1.29, 1.82) is 0 Å². The first-order chi connectivity index (χ1) is 16.0. The average Bonchev–Trinajstić information content (AvgIpc) is 2.77. The molecule has 0 spiro atoms. The SMILES string of the molecule is CC1CCCCN1C(=O)CO/N=C1\C=C\CC/C=C/CCOC(=O)c2c(O)cc(O)cc2C1. The summed E-state index contributed by atoms with van der Waals surface area (Å²) in [6, 6.07) is 2.69. The van der Waals surface area contributed by atoms with Crippen LogP contribution in [-0.2, 0) is 20.8 Å². The molecule has 1 aromatic rings. The van der Waals surface area contributed by atoms with E-state index in [2.05, 4.69) is 5.16 Å². The number of esters is 1. The maximum absolute atomic E-state index is 12.6. The van der Waals surface area contributed by atoms with Gasteiger partial charge in [-0.3, -0.25) is 4.79 Å². The molecule has 1 amide bonds. The summed E-state index contributed by atoms with van der Waals surface area (Å²) in [6.07, 6.45) is 13.0. The van der Waals surface area contributed by atoms with Crippen molar-refractivity contribution >= 4 is 17.6 Å². The van der Waals surface area contributed by atoms with Gasteiger partial charge in [-0.1, -0.05) is 23.4 Å². The van der Waals surface area contributed by atoms with Crippen molar-refractivity contribution in [1.82, 2.24) is 4.90 Å². The number of rotatable bonds is 3. The molecule has 1 atom stereocenters. The van der Waals surface area contributed by atoms with Gasteiger partial charge in [0, 0.05) is 25.1 Å². The van der Waals surface area contributed by atoms with E-state index in [0.29, 0.717) is 17.7 Å². The van der Waals surface area contributed by atoms with Crippen molar-refractivity contribution < 1.29 is 29.4 Å². The molecule has 3 rings (SSSR count). The van der Waals surface area contributed by atoms with E-state index in [4.69, 9.17) is 9.57 Å². The van der Waals surface area contributed by atoms with Crippen molar-refractivity contribution in [2.45, 2.75) is 57.9 Å². The number of cyclic esters (lactones) is 1. The Morgan fingerprint density at radius 1 is 1.18 bits per heavy atom. The highest BCUT2D eigenvalue weighted by atomic mass is 16.6. The number of nitrogens with zero attached hydrogens (tertiary/aromatic N) is 2. The molecule has 33 heavy (non-hydrogen) atoms. The number of hydrogen-bond donors (Lipinski definition) is 2. The number of allylic oxidation sites excluding steroid dienone is 3. The summed E-state index contributed by atoms with van der Waals surface area (Å²) in [5, 5.41) is 24.4. The zero-order chi connectivity index (χ0) is 23.6. The number of carbonyl (C=O) groups excluding carboxylic acids is 2. The quantitative estimate of drug-likeness (QED) is 0.406. The molecular weight excluding hydrogens is 424 g/mol. The Balaban J connectivity index is 1.81. The molecule has 8 heteroatoms. The molecule has 0 bridgehead atoms. The van der Waals surface area contributed by atoms with Crippen LogP contribution in [0.25, 0.3) is 0 Å². The number of carbonyl (C=O) groups is 2. The normalized spacial score (nSPS) is 23.2. The van der Waals surface area contributed by atoms with Crippen molar-refractivity contribution in [2.24, 2.45) is 5.16 Å². The molecule has 1 fully saturated rings. The summed E-state index contributed by atoms with van der Waals surface area (Å²) in [7, 11) is 0. The fourth-order valence-electron chi connectivity index (χ4n) is 4.02. The molecule has 2 aliphatic heterocycles. The number of oxime groups is 1. The molecule has 8 nitrogen and oxygen atoms in total. The number of amides is 1. The number of hydrogen-bond acceptors (Lipinski definition) is 7. The number of benzene rings is 1. The number of aromatic hydroxyl groups is 2. The third-order valence-electron chi connectivity index (χ3n) is 5.75. The van der Waals surface area contributed by atoms with Gasteiger partial charge in [0.05, 0.1) is 12.3 Å². The summed E-state index contributed by atoms with van der Waals surface area (Å²) in [4.78, 5) is 32.4. The predicted molar refractivity (Wildman–Crippen MR) is 124 cm³/mol. The second-order valence-electron chi connectivity index (χ2n) is 8.34. The van der Waals surface area contributed by atoms with Crippen LogP contribution < -0.4 is 0 Å². The highest BCUT2D eigenvalue weighted by Crippen LogP contribution is 2.29. The Labute approximate surface area is 194 Å². The monoisotopic (exact) mass is 456 g/mol. The van der Waals surface area contributed by atoms with Gasteiger partial charge in [-0.25, -0.2) is 4.79 Å². The third-order valence-corrected chi connectivity index (χ3v) is 5.75. The first kappa shape index (κ1) is 24.4. The van der Waals surface area contributed by atoms with Gasteiger partial charge in [0.2, 0.25) is 0 Å². The third kappa shape index (κ3) is 7.10. The summed E-state index contributed by atoms with van der Waals surface area (Å²) < 4.78 is 5.29. The summed E-state index contributed by atoms with van der Waals surface area (Å²) >= 11 is 0. The number of fused-ring (bicyclic) bond motifs is 1. The molecule has 0 saturated carbocycles. The van der Waals surface area contributed by atoms with E-state index in [9.17, 15) is 19.8 Å². The fraction of sp³-hybridized carbons (Fsp3) is 0.480. The Bertz CT molecular complexity index is 937. The Morgan fingerprint density at radius 3 is 2.79 bits per heavy atom. The Hall–Kier alpha value is -3.29. The molecule has 1 saturated heterocycles. The number of likely N-dealkylation sites (tertiary alicyclic amines) is 1. The van der Waals surface area contributed by atoms with Crippen molar-refractivity contribution in [2.75, 3.05) is 19.8 Å². The van der Waals surface area contributed by atoms with E-state index in [1.165, 1.54) is 6.07 Å². The van der Waals surface area contributed by atoms with Gasteiger partial charge >= 0.3 is 5.97 Å². The van der Waals surface area contributed by atoms with Crippen LogP contribution in [0.2, 0.25) is 0 Å². The van der Waals surface area contributed by atoms with Crippen LogP contribution in [0.1, 0.15) is 61.4 Å². The van der Waals surface area contributed by atoms with Crippen LogP contribution in [-0.4, -0.2) is 58.5 Å². The van der Waals surface area contributed by atoms with Gasteiger partial charge in [0.25, 0.3) is 5.91 Å². The van der Waals surface area contributed by atoms with Crippen LogP contribution in [0.3, 0.4) is 0 Å². The Morgan fingerprint density at radius 2 is 1.97 bits per heavy atom. The maximum atomic E-state index is 12.6. The topological polar surface area (TPSA) is 109 Å². The number of phenols is 2. The molecule has 2 N–H and O–H groups in total. The van der Waals surface area contributed by atoms with E-state index >= 15 is 0 Å². The molecule has 178 valence electrons. The average molecular weight is 457 g/mol. The van der Waals surface area contributed by atoms with Crippen LogP contribution >= 0.6 is 0 Å². The summed E-state index contributed by atoms with van der Waals surface area (Å²) in [5.41, 5.74) is 0.788. The van der Waals surface area contributed by atoms with Crippen molar-refractivity contribution in [3.8, 4) is 11.5 Å². The van der Waals surface area contributed by atoms with Crippen molar-refractivity contribution in [3.63, 3.8) is 0 Å². The predicted octanol–water partition coefficient (Wildman–Crippen LogP) is 3.87. The molecule has 0 aliphatic carbocycles. The minimum Gasteiger partial charge on any atom is -0.508 e. The van der Waals surface area contributed by atoms with Gasteiger partial charge in [-0.2, -0.15) is 0 Å². The highest BCUT2D eigenvalue weighted by Gasteiger charge is 2.24.